The Labute approximate surface area is 161 Å². The molecule has 0 aliphatic carbocycles. The van der Waals surface area contributed by atoms with E-state index >= 15 is 0 Å². The van der Waals surface area contributed by atoms with Crippen LogP contribution in [-0.2, 0) is 12.1 Å². The van der Waals surface area contributed by atoms with Crippen LogP contribution in [0.25, 0.3) is 0 Å². The number of nitrogens with one attached hydrogen (secondary N) is 1. The first-order valence-corrected chi connectivity index (χ1v) is 7.75. The van der Waals surface area contributed by atoms with Gasteiger partial charge in [-0.3, -0.25) is 9.89 Å². The van der Waals surface area contributed by atoms with Crippen LogP contribution >= 0.6 is 0 Å². The molecule has 0 saturated heterocycles. The molecule has 1 aromatic carbocycles. The normalized spacial score (nSPS) is 12.8. The Bertz CT molecular complexity index is 1040. The summed E-state index contributed by atoms with van der Waals surface area (Å²) >= 11 is 0. The molecule has 160 valence electrons. The second-order valence-electron chi connectivity index (χ2n) is 5.74. The number of hydrogen-bond acceptors (Lipinski definition) is 4. The van der Waals surface area contributed by atoms with Crippen molar-refractivity contribution in [3.05, 3.63) is 59.4 Å². The van der Waals surface area contributed by atoms with Gasteiger partial charge in [0.2, 0.25) is 5.88 Å². The molecule has 0 radical (unpaired) electrons. The van der Waals surface area contributed by atoms with E-state index in [1.807, 2.05) is 5.10 Å². The molecule has 0 bridgehead atoms. The number of aromatic amines is 1. The van der Waals surface area contributed by atoms with Crippen LogP contribution in [0.2, 0.25) is 0 Å². The lowest BCUT2D eigenvalue weighted by molar-refractivity contribution is -0.289. The molecule has 0 atom stereocenters. The summed E-state index contributed by atoms with van der Waals surface area (Å²) in [6.45, 7) is 0. The van der Waals surface area contributed by atoms with E-state index in [0.717, 1.165) is 24.4 Å². The fourth-order valence-electron chi connectivity index (χ4n) is 2.51. The maximum Gasteiger partial charge on any atom is 0.458 e. The molecule has 0 spiro atoms. The highest BCUT2D eigenvalue weighted by Crippen LogP contribution is 2.46. The number of hydrogen-bond donors (Lipinski definition) is 1. The number of benzene rings is 1. The molecule has 2 heterocycles. The van der Waals surface area contributed by atoms with E-state index in [4.69, 9.17) is 0 Å². The van der Waals surface area contributed by atoms with E-state index in [2.05, 4.69) is 14.8 Å². The molecule has 1 N–H and O–H groups in total. The lowest BCUT2D eigenvalue weighted by Gasteiger charge is -2.25. The third-order valence-electron chi connectivity index (χ3n) is 3.85. The first-order valence-electron chi connectivity index (χ1n) is 7.75. The molecule has 0 saturated carbocycles. The number of halogens is 8. The van der Waals surface area contributed by atoms with Crippen LogP contribution in [-0.4, -0.2) is 27.4 Å². The molecule has 0 unspecified atom stereocenters. The number of nitrogens with zero attached hydrogens (tertiary/aromatic N) is 3. The maximum atomic E-state index is 14.0. The summed E-state index contributed by atoms with van der Waals surface area (Å²) in [6, 6.07) is 3.66. The summed E-state index contributed by atoms with van der Waals surface area (Å²) in [7, 11) is 0. The van der Waals surface area contributed by atoms with Crippen LogP contribution in [0.4, 0.5) is 46.8 Å². The zero-order valence-corrected chi connectivity index (χ0v) is 14.2. The number of alkyl halides is 8. The number of anilines is 2. The van der Waals surface area contributed by atoms with Gasteiger partial charge in [0.1, 0.15) is 5.56 Å². The number of carbonyl (C=O) groups excluding carboxylic acids is 1. The van der Waals surface area contributed by atoms with Gasteiger partial charge in [-0.2, -0.15) is 40.2 Å². The van der Waals surface area contributed by atoms with Gasteiger partial charge in [-0.1, -0.05) is 23.4 Å². The molecule has 3 rings (SSSR count). The molecular formula is C16H8F8N4O2. The first-order chi connectivity index (χ1) is 13.9. The van der Waals surface area contributed by atoms with Crippen molar-refractivity contribution < 1.29 is 44.4 Å². The minimum atomic E-state index is -6.06. The fourth-order valence-corrected chi connectivity index (χ4v) is 2.51. The standard InChI is InChI=1S/C16H8F8N4O2/c17-14(18,16(22,23)24)9-4-2-1-3-8(9)13(29)28(11-5-6-26-30-11)12-10(7-25-27-12)15(19,20)21/h1-7H,(H,25,27). The molecule has 6 nitrogen and oxygen atoms in total. The minimum absolute atomic E-state index is 0.119. The third kappa shape index (κ3) is 3.59. The van der Waals surface area contributed by atoms with Gasteiger partial charge in [-0.25, -0.2) is 4.90 Å². The molecular weight excluding hydrogens is 432 g/mol. The van der Waals surface area contributed by atoms with Gasteiger partial charge in [0.05, 0.1) is 12.4 Å². The average Bonchev–Trinajstić information content (AvgIpc) is 3.33. The molecule has 30 heavy (non-hydrogen) atoms. The van der Waals surface area contributed by atoms with Crippen molar-refractivity contribution in [2.24, 2.45) is 0 Å². The number of H-pyrrole nitrogens is 1. The summed E-state index contributed by atoms with van der Waals surface area (Å²) in [4.78, 5) is 13.1. The smallest absolute Gasteiger partial charge is 0.338 e. The van der Waals surface area contributed by atoms with E-state index < -0.39 is 52.6 Å². The van der Waals surface area contributed by atoms with Crippen LogP contribution < -0.4 is 4.90 Å². The van der Waals surface area contributed by atoms with E-state index in [9.17, 15) is 39.9 Å². The summed E-state index contributed by atoms with van der Waals surface area (Å²) in [5.41, 5.74) is -4.45. The largest absolute Gasteiger partial charge is 0.458 e. The molecule has 1 amide bonds. The molecule has 14 heteroatoms. The molecule has 0 aliphatic rings. The lowest BCUT2D eigenvalue weighted by Crippen LogP contribution is -2.37. The van der Waals surface area contributed by atoms with Crippen LogP contribution in [0.3, 0.4) is 0 Å². The van der Waals surface area contributed by atoms with E-state index in [-0.39, 0.29) is 4.90 Å². The van der Waals surface area contributed by atoms with Crippen molar-refractivity contribution in [2.45, 2.75) is 18.3 Å². The van der Waals surface area contributed by atoms with Crippen molar-refractivity contribution in [1.82, 2.24) is 15.4 Å². The predicted molar refractivity (Wildman–Crippen MR) is 83.0 cm³/mol. The van der Waals surface area contributed by atoms with E-state index in [1.54, 1.807) is 0 Å². The number of amides is 1. The van der Waals surface area contributed by atoms with Gasteiger partial charge < -0.3 is 4.52 Å². The quantitative estimate of drug-likeness (QED) is 0.577. The van der Waals surface area contributed by atoms with Crippen molar-refractivity contribution >= 4 is 17.6 Å². The highest BCUT2D eigenvalue weighted by molar-refractivity contribution is 6.10. The summed E-state index contributed by atoms with van der Waals surface area (Å²) in [5.74, 6) is -8.87. The summed E-state index contributed by atoms with van der Waals surface area (Å²) < 4.78 is 111. The molecule has 2 aromatic heterocycles. The van der Waals surface area contributed by atoms with Gasteiger partial charge in [-0.05, 0) is 6.07 Å². The molecule has 0 fully saturated rings. The van der Waals surface area contributed by atoms with Crippen LogP contribution in [0, 0.1) is 0 Å². The fraction of sp³-hybridized carbons (Fsp3) is 0.188. The Kier molecular flexibility index (Phi) is 5.04. The Balaban J connectivity index is 2.20. The van der Waals surface area contributed by atoms with Crippen LogP contribution in [0.5, 0.6) is 0 Å². The summed E-state index contributed by atoms with van der Waals surface area (Å²) in [5, 5.41) is 8.27. The van der Waals surface area contributed by atoms with Gasteiger partial charge in [0, 0.05) is 17.2 Å². The SMILES string of the molecule is O=C(c1ccccc1C(F)(F)C(F)(F)F)N(c1ccno1)c1[nH]ncc1C(F)(F)F. The van der Waals surface area contributed by atoms with Gasteiger partial charge in [-0.15, -0.1) is 0 Å². The second kappa shape index (κ2) is 7.11. The van der Waals surface area contributed by atoms with Crippen LogP contribution in [0.15, 0.2) is 47.2 Å². The zero-order valence-electron chi connectivity index (χ0n) is 14.2. The van der Waals surface area contributed by atoms with Crippen LogP contribution in [0.1, 0.15) is 21.5 Å². The number of carbonyl (C=O) groups is 1. The Hall–Kier alpha value is -3.45. The highest BCUT2D eigenvalue weighted by atomic mass is 19.4. The van der Waals surface area contributed by atoms with Gasteiger partial charge >= 0.3 is 18.3 Å². The zero-order chi connectivity index (χ0) is 22.3. The van der Waals surface area contributed by atoms with E-state index in [1.165, 1.54) is 0 Å². The van der Waals surface area contributed by atoms with Crippen molar-refractivity contribution in [3.8, 4) is 0 Å². The van der Waals surface area contributed by atoms with Crippen molar-refractivity contribution in [2.75, 3.05) is 4.90 Å². The number of aromatic nitrogens is 3. The monoisotopic (exact) mass is 440 g/mol. The average molecular weight is 440 g/mol. The summed E-state index contributed by atoms with van der Waals surface area (Å²) in [6.07, 6.45) is -9.88. The minimum Gasteiger partial charge on any atom is -0.338 e. The third-order valence-corrected chi connectivity index (χ3v) is 3.85. The molecule has 3 aromatic rings. The number of rotatable bonds is 4. The Morgan fingerprint density at radius 3 is 2.20 bits per heavy atom. The van der Waals surface area contributed by atoms with Crippen molar-refractivity contribution in [1.29, 1.82) is 0 Å². The van der Waals surface area contributed by atoms with Crippen molar-refractivity contribution in [3.63, 3.8) is 0 Å². The predicted octanol–water partition coefficient (Wildman–Crippen LogP) is 5.05. The maximum absolute atomic E-state index is 14.0. The highest BCUT2D eigenvalue weighted by Gasteiger charge is 2.60. The Morgan fingerprint density at radius 1 is 0.967 bits per heavy atom. The van der Waals surface area contributed by atoms with E-state index in [0.29, 0.717) is 18.3 Å². The topological polar surface area (TPSA) is 75.0 Å². The second-order valence-corrected chi connectivity index (χ2v) is 5.74. The lowest BCUT2D eigenvalue weighted by atomic mass is 9.99. The van der Waals surface area contributed by atoms with Gasteiger partial charge in [0.25, 0.3) is 5.91 Å². The first kappa shape index (κ1) is 21.3. The van der Waals surface area contributed by atoms with Gasteiger partial charge in [0.15, 0.2) is 5.82 Å². The Morgan fingerprint density at radius 2 is 1.63 bits per heavy atom. The molecule has 0 aliphatic heterocycles.